The molecule has 0 N–H and O–H groups in total. The van der Waals surface area contributed by atoms with E-state index in [1.54, 1.807) is 49.4 Å². The molecule has 3 rings (SSSR count). The van der Waals surface area contributed by atoms with Crippen LogP contribution >= 0.6 is 11.6 Å². The van der Waals surface area contributed by atoms with Crippen molar-refractivity contribution in [2.24, 2.45) is 0 Å². The molecule has 0 saturated heterocycles. The van der Waals surface area contributed by atoms with E-state index in [4.69, 9.17) is 25.8 Å². The van der Waals surface area contributed by atoms with E-state index in [0.29, 0.717) is 40.0 Å². The van der Waals surface area contributed by atoms with E-state index in [9.17, 15) is 4.79 Å². The maximum atomic E-state index is 11.3. The van der Waals surface area contributed by atoms with Crippen LogP contribution in [0.2, 0.25) is 5.02 Å². The lowest BCUT2D eigenvalue weighted by molar-refractivity contribution is -0.145. The summed E-state index contributed by atoms with van der Waals surface area (Å²) >= 11 is 5.93. The monoisotopic (exact) mass is 358 g/mol. The van der Waals surface area contributed by atoms with Gasteiger partial charge in [-0.3, -0.25) is 0 Å². The van der Waals surface area contributed by atoms with Crippen molar-refractivity contribution in [2.45, 2.75) is 6.92 Å². The van der Waals surface area contributed by atoms with Crippen LogP contribution in [0.4, 0.5) is 0 Å². The van der Waals surface area contributed by atoms with Gasteiger partial charge in [0.2, 0.25) is 5.88 Å². The third-order valence-electron chi connectivity index (χ3n) is 3.19. The maximum Gasteiger partial charge on any atom is 0.344 e. The van der Waals surface area contributed by atoms with Crippen molar-refractivity contribution < 1.29 is 19.0 Å². The lowest BCUT2D eigenvalue weighted by Gasteiger charge is -2.08. The largest absolute Gasteiger partial charge is 0.482 e. The Hall–Kier alpha value is -2.86. The Morgan fingerprint density at radius 1 is 1.08 bits per heavy atom. The number of hydrogen-bond acceptors (Lipinski definition) is 6. The number of esters is 1. The summed E-state index contributed by atoms with van der Waals surface area (Å²) in [6.07, 6.45) is 1.53. The molecule has 7 heteroatoms. The van der Waals surface area contributed by atoms with Crippen molar-refractivity contribution in [3.05, 3.63) is 53.7 Å². The van der Waals surface area contributed by atoms with Crippen LogP contribution in [0.5, 0.6) is 17.4 Å². The van der Waals surface area contributed by atoms with Gasteiger partial charge in [0.15, 0.2) is 6.61 Å². The van der Waals surface area contributed by atoms with Gasteiger partial charge in [0.25, 0.3) is 0 Å². The summed E-state index contributed by atoms with van der Waals surface area (Å²) in [5.74, 6) is 1.08. The highest BCUT2D eigenvalue weighted by Gasteiger charge is 2.05. The first-order valence-corrected chi connectivity index (χ1v) is 8.00. The first-order chi connectivity index (χ1) is 12.1. The van der Waals surface area contributed by atoms with Gasteiger partial charge < -0.3 is 14.2 Å². The number of carbonyl (C=O) groups excluding carboxylic acids is 1. The van der Waals surface area contributed by atoms with Gasteiger partial charge in [-0.1, -0.05) is 11.6 Å². The minimum atomic E-state index is -0.408. The number of fused-ring (bicyclic) bond motifs is 1. The molecular formula is C18H15ClN2O4. The fourth-order valence-corrected chi connectivity index (χ4v) is 2.25. The molecule has 0 aliphatic carbocycles. The van der Waals surface area contributed by atoms with Gasteiger partial charge in [-0.15, -0.1) is 0 Å². The number of rotatable bonds is 6. The van der Waals surface area contributed by atoms with Gasteiger partial charge in [-0.05, 0) is 49.4 Å². The molecule has 0 unspecified atom stereocenters. The molecule has 0 spiro atoms. The quantitative estimate of drug-likeness (QED) is 0.620. The summed E-state index contributed by atoms with van der Waals surface area (Å²) < 4.78 is 15.8. The highest BCUT2D eigenvalue weighted by atomic mass is 35.5. The molecule has 1 aromatic heterocycles. The van der Waals surface area contributed by atoms with Gasteiger partial charge in [0, 0.05) is 5.02 Å². The molecule has 0 fully saturated rings. The molecule has 0 atom stereocenters. The Balaban J connectivity index is 1.65. The van der Waals surface area contributed by atoms with E-state index in [1.165, 1.54) is 6.20 Å². The highest BCUT2D eigenvalue weighted by Crippen LogP contribution is 2.24. The summed E-state index contributed by atoms with van der Waals surface area (Å²) in [5, 5.41) is 0.605. The molecule has 1 heterocycles. The smallest absolute Gasteiger partial charge is 0.344 e. The molecule has 0 bridgehead atoms. The second kappa shape index (κ2) is 7.81. The van der Waals surface area contributed by atoms with Gasteiger partial charge in [0.05, 0.1) is 23.8 Å². The maximum absolute atomic E-state index is 11.3. The molecule has 0 aliphatic heterocycles. The molecule has 0 saturated carbocycles. The van der Waals surface area contributed by atoms with E-state index in [1.807, 2.05) is 0 Å². The molecule has 6 nitrogen and oxygen atoms in total. The Morgan fingerprint density at radius 3 is 2.60 bits per heavy atom. The van der Waals surface area contributed by atoms with E-state index >= 15 is 0 Å². The van der Waals surface area contributed by atoms with Crippen LogP contribution in [0.25, 0.3) is 11.0 Å². The van der Waals surface area contributed by atoms with Gasteiger partial charge in [-0.2, -0.15) is 0 Å². The Morgan fingerprint density at radius 2 is 1.84 bits per heavy atom. The van der Waals surface area contributed by atoms with E-state index in [2.05, 4.69) is 9.97 Å². The van der Waals surface area contributed by atoms with Crippen LogP contribution in [0, 0.1) is 0 Å². The summed E-state index contributed by atoms with van der Waals surface area (Å²) in [5.41, 5.74) is 1.39. The van der Waals surface area contributed by atoms with E-state index in [0.717, 1.165) is 0 Å². The average Bonchev–Trinajstić information content (AvgIpc) is 2.61. The zero-order valence-corrected chi connectivity index (χ0v) is 14.2. The Bertz CT molecular complexity index is 884. The molecule has 25 heavy (non-hydrogen) atoms. The average molecular weight is 359 g/mol. The fraction of sp³-hybridized carbons (Fsp3) is 0.167. The molecule has 0 aliphatic rings. The molecule has 3 aromatic rings. The molecule has 0 amide bonds. The number of benzene rings is 2. The van der Waals surface area contributed by atoms with Crippen LogP contribution in [0.3, 0.4) is 0 Å². The summed E-state index contributed by atoms with van der Waals surface area (Å²) in [4.78, 5) is 19.9. The predicted octanol–water partition coefficient (Wildman–Crippen LogP) is 4.02. The molecule has 2 aromatic carbocycles. The van der Waals surface area contributed by atoms with E-state index < -0.39 is 5.97 Å². The summed E-state index contributed by atoms with van der Waals surface area (Å²) in [6.45, 7) is 1.94. The topological polar surface area (TPSA) is 70.5 Å². The number of aromatic nitrogens is 2. The predicted molar refractivity (Wildman–Crippen MR) is 93.2 cm³/mol. The van der Waals surface area contributed by atoms with Crippen molar-refractivity contribution in [2.75, 3.05) is 13.2 Å². The molecule has 128 valence electrons. The third-order valence-corrected chi connectivity index (χ3v) is 3.43. The molecule has 0 radical (unpaired) electrons. The van der Waals surface area contributed by atoms with Gasteiger partial charge >= 0.3 is 5.97 Å². The molecular weight excluding hydrogens is 344 g/mol. The normalized spacial score (nSPS) is 10.5. The number of hydrogen-bond donors (Lipinski definition) is 0. The van der Waals surface area contributed by atoms with Gasteiger partial charge in [0.1, 0.15) is 11.5 Å². The van der Waals surface area contributed by atoms with Crippen LogP contribution in [0.15, 0.2) is 48.7 Å². The van der Waals surface area contributed by atoms with Crippen molar-refractivity contribution in [1.29, 1.82) is 0 Å². The second-order valence-corrected chi connectivity index (χ2v) is 5.44. The zero-order chi connectivity index (χ0) is 17.6. The lowest BCUT2D eigenvalue weighted by atomic mass is 10.3. The minimum absolute atomic E-state index is 0.132. The van der Waals surface area contributed by atoms with E-state index in [-0.39, 0.29) is 6.61 Å². The lowest BCUT2D eigenvalue weighted by Crippen LogP contribution is -2.14. The zero-order valence-electron chi connectivity index (χ0n) is 13.4. The van der Waals surface area contributed by atoms with Crippen LogP contribution in [-0.2, 0) is 9.53 Å². The van der Waals surface area contributed by atoms with Crippen LogP contribution in [0.1, 0.15) is 6.92 Å². The van der Waals surface area contributed by atoms with Crippen LogP contribution < -0.4 is 9.47 Å². The Kier molecular flexibility index (Phi) is 5.30. The fourth-order valence-electron chi connectivity index (χ4n) is 2.09. The van der Waals surface area contributed by atoms with Crippen molar-refractivity contribution in [1.82, 2.24) is 9.97 Å². The summed E-state index contributed by atoms with van der Waals surface area (Å²) in [6, 6.07) is 12.1. The highest BCUT2D eigenvalue weighted by molar-refractivity contribution is 6.31. The van der Waals surface area contributed by atoms with Crippen LogP contribution in [-0.4, -0.2) is 29.2 Å². The minimum Gasteiger partial charge on any atom is -0.482 e. The van der Waals surface area contributed by atoms with Gasteiger partial charge in [-0.25, -0.2) is 14.8 Å². The number of nitrogens with zero attached hydrogens (tertiary/aromatic N) is 2. The van der Waals surface area contributed by atoms with Crippen molar-refractivity contribution in [3.63, 3.8) is 0 Å². The number of halogens is 1. The SMILES string of the molecule is CCOC(=O)COc1ccc(Oc2cnc3cc(Cl)ccc3n2)cc1. The number of carbonyl (C=O) groups is 1. The standard InChI is InChI=1S/C18H15ClN2O4/c1-2-23-18(22)11-24-13-4-6-14(7-5-13)25-17-10-20-16-9-12(19)3-8-15(16)21-17/h3-10H,2,11H2,1H3. The second-order valence-electron chi connectivity index (χ2n) is 5.01. The summed E-state index contributed by atoms with van der Waals surface area (Å²) in [7, 11) is 0. The van der Waals surface area contributed by atoms with Crippen molar-refractivity contribution in [3.8, 4) is 17.4 Å². The third kappa shape index (κ3) is 4.58. The van der Waals surface area contributed by atoms with Crippen molar-refractivity contribution >= 4 is 28.6 Å². The first-order valence-electron chi connectivity index (χ1n) is 7.62. The first kappa shape index (κ1) is 17.0. The Labute approximate surface area is 149 Å². The number of ether oxygens (including phenoxy) is 3.